The summed E-state index contributed by atoms with van der Waals surface area (Å²) in [5.41, 5.74) is 0.509. The minimum Gasteiger partial charge on any atom is -0.365 e. The number of nitro benzene ring substituents is 1. The average molecular weight is 409 g/mol. The molecule has 148 valence electrons. The summed E-state index contributed by atoms with van der Waals surface area (Å²) in [5, 5.41) is 35.7. The van der Waals surface area contributed by atoms with Crippen molar-refractivity contribution in [1.29, 1.82) is 5.26 Å². The molecule has 2 aliphatic rings. The number of aryl methyl sites for hydroxylation is 1. The van der Waals surface area contributed by atoms with Crippen molar-refractivity contribution in [2.75, 3.05) is 0 Å². The lowest BCUT2D eigenvalue weighted by molar-refractivity contribution is -0.744. The Kier molecular flexibility index (Phi) is 4.81. The fourth-order valence-corrected chi connectivity index (χ4v) is 4.64. The minimum atomic E-state index is -1.29. The van der Waals surface area contributed by atoms with Crippen molar-refractivity contribution < 1.29 is 14.6 Å². The largest absolute Gasteiger partial charge is 0.365 e. The van der Waals surface area contributed by atoms with Gasteiger partial charge in [-0.1, -0.05) is 24.4 Å². The molecule has 1 aliphatic heterocycles. The zero-order chi connectivity index (χ0) is 20.8. The van der Waals surface area contributed by atoms with Crippen molar-refractivity contribution in [2.45, 2.75) is 37.5 Å². The second-order valence-corrected chi connectivity index (χ2v) is 8.28. The van der Waals surface area contributed by atoms with Gasteiger partial charge in [0.2, 0.25) is 11.8 Å². The number of nitro groups is 1. The van der Waals surface area contributed by atoms with Gasteiger partial charge >= 0.3 is 0 Å². The van der Waals surface area contributed by atoms with Gasteiger partial charge in [0.1, 0.15) is 5.92 Å². The van der Waals surface area contributed by atoms with E-state index >= 15 is 0 Å². The van der Waals surface area contributed by atoms with E-state index in [1.165, 1.54) is 12.1 Å². The maximum atomic E-state index is 11.7. The topological polar surface area (TPSA) is 103 Å². The van der Waals surface area contributed by atoms with Crippen molar-refractivity contribution in [3.63, 3.8) is 0 Å². The summed E-state index contributed by atoms with van der Waals surface area (Å²) < 4.78 is 1.93. The molecule has 1 aliphatic carbocycles. The van der Waals surface area contributed by atoms with E-state index in [1.54, 1.807) is 12.1 Å². The lowest BCUT2D eigenvalue weighted by Crippen LogP contribution is -2.69. The van der Waals surface area contributed by atoms with E-state index in [1.807, 2.05) is 36.0 Å². The third-order valence-electron chi connectivity index (χ3n) is 5.92. The van der Waals surface area contributed by atoms with Crippen molar-refractivity contribution in [3.05, 3.63) is 70.0 Å². The first-order chi connectivity index (χ1) is 13.8. The predicted molar refractivity (Wildman–Crippen MR) is 109 cm³/mol. The van der Waals surface area contributed by atoms with Gasteiger partial charge in [0.05, 0.1) is 21.9 Å². The Labute approximate surface area is 173 Å². The van der Waals surface area contributed by atoms with Crippen molar-refractivity contribution >= 4 is 22.9 Å². The Morgan fingerprint density at radius 3 is 2.41 bits per heavy atom. The first-order valence-corrected chi connectivity index (χ1v) is 9.91. The fraction of sp³-hybridized carbons (Fsp3) is 0.381. The number of aliphatic hydroxyl groups is 1. The Hall–Kier alpha value is -2.89. The molecule has 1 aromatic heterocycles. The molecule has 0 unspecified atom stereocenters. The lowest BCUT2D eigenvalue weighted by Gasteiger charge is -2.44. The Balaban J connectivity index is 1.88. The third kappa shape index (κ3) is 3.37. The second-order valence-electron chi connectivity index (χ2n) is 7.84. The number of rotatable bonds is 4. The highest BCUT2D eigenvalue weighted by Gasteiger charge is 2.62. The van der Waals surface area contributed by atoms with Gasteiger partial charge < -0.3 is 10.4 Å². The Morgan fingerprint density at radius 1 is 1.28 bits per heavy atom. The van der Waals surface area contributed by atoms with E-state index < -0.39 is 28.5 Å². The molecule has 0 spiro atoms. The highest BCUT2D eigenvalue weighted by Crippen LogP contribution is 2.51. The molecule has 1 aromatic carbocycles. The molecule has 4 rings (SSSR count). The minimum absolute atomic E-state index is 0.0178. The van der Waals surface area contributed by atoms with Crippen LogP contribution in [0.1, 0.15) is 35.9 Å². The average Bonchev–Trinajstić information content (AvgIpc) is 3.54. The first kappa shape index (κ1) is 19.4. The fourth-order valence-electron chi connectivity index (χ4n) is 4.28. The van der Waals surface area contributed by atoms with Gasteiger partial charge in [0.15, 0.2) is 12.4 Å². The summed E-state index contributed by atoms with van der Waals surface area (Å²) in [6.07, 6.45) is 5.55. The summed E-state index contributed by atoms with van der Waals surface area (Å²) in [5.74, 6) is -1.09. The summed E-state index contributed by atoms with van der Waals surface area (Å²) in [7, 11) is 0. The van der Waals surface area contributed by atoms with E-state index in [-0.39, 0.29) is 11.6 Å². The highest BCUT2D eigenvalue weighted by molar-refractivity contribution is 7.80. The smallest absolute Gasteiger partial charge is 0.269 e. The number of piperidine rings is 1. The maximum Gasteiger partial charge on any atom is 0.269 e. The molecule has 0 radical (unpaired) electrons. The summed E-state index contributed by atoms with van der Waals surface area (Å²) >= 11 is 5.48. The monoisotopic (exact) mass is 409 g/mol. The van der Waals surface area contributed by atoms with Gasteiger partial charge in [0.25, 0.3) is 5.69 Å². The molecule has 4 atom stereocenters. The van der Waals surface area contributed by atoms with Crippen LogP contribution in [0.4, 0.5) is 5.69 Å². The van der Waals surface area contributed by atoms with Crippen LogP contribution in [0.15, 0.2) is 48.8 Å². The molecule has 1 saturated heterocycles. The maximum absolute atomic E-state index is 11.7. The number of pyridine rings is 1. The van der Waals surface area contributed by atoms with Crippen LogP contribution in [0.2, 0.25) is 0 Å². The van der Waals surface area contributed by atoms with E-state index in [2.05, 4.69) is 11.4 Å². The van der Waals surface area contributed by atoms with Crippen LogP contribution in [0.3, 0.4) is 0 Å². The van der Waals surface area contributed by atoms with Crippen molar-refractivity contribution in [2.24, 2.45) is 11.8 Å². The molecule has 2 fully saturated rings. The van der Waals surface area contributed by atoms with Crippen LogP contribution >= 0.6 is 12.2 Å². The quantitative estimate of drug-likeness (QED) is 0.348. The number of hydrogen-bond donors (Lipinski definition) is 2. The molecule has 2 aromatic rings. The summed E-state index contributed by atoms with van der Waals surface area (Å²) in [6.45, 7) is 1.98. The summed E-state index contributed by atoms with van der Waals surface area (Å²) in [4.78, 5) is 10.9. The SMILES string of the molecule is Cc1cc[n+]([C@H]2[C@@H](c3ccc([N+](=O)[O-])cc3)[C@H](C#N)C(=S)N[C@]2(O)C2CC2)cc1. The van der Waals surface area contributed by atoms with Crippen LogP contribution in [-0.4, -0.2) is 20.7 Å². The molecule has 8 heteroatoms. The van der Waals surface area contributed by atoms with E-state index in [9.17, 15) is 20.5 Å². The van der Waals surface area contributed by atoms with Crippen LogP contribution < -0.4 is 9.88 Å². The van der Waals surface area contributed by atoms with Gasteiger partial charge in [-0.15, -0.1) is 0 Å². The number of hydrogen-bond acceptors (Lipinski definition) is 5. The number of thiocarbonyl (C=S) groups is 1. The van der Waals surface area contributed by atoms with Crippen molar-refractivity contribution in [3.8, 4) is 6.07 Å². The molecular formula is C21H21N4O3S+. The number of non-ortho nitro benzene ring substituents is 1. The zero-order valence-electron chi connectivity index (χ0n) is 15.9. The molecule has 0 amide bonds. The zero-order valence-corrected chi connectivity index (χ0v) is 16.7. The van der Waals surface area contributed by atoms with Gasteiger partial charge in [-0.25, -0.2) is 0 Å². The van der Waals surface area contributed by atoms with Crippen LogP contribution in [0.5, 0.6) is 0 Å². The number of nitrogens with zero attached hydrogens (tertiary/aromatic N) is 3. The van der Waals surface area contributed by atoms with E-state index in [0.717, 1.165) is 24.0 Å². The first-order valence-electron chi connectivity index (χ1n) is 9.51. The number of benzene rings is 1. The molecule has 1 saturated carbocycles. The molecule has 7 nitrogen and oxygen atoms in total. The van der Waals surface area contributed by atoms with Gasteiger partial charge in [-0.2, -0.15) is 9.83 Å². The molecule has 0 bridgehead atoms. The van der Waals surface area contributed by atoms with Crippen molar-refractivity contribution in [1.82, 2.24) is 5.32 Å². The normalized spacial score (nSPS) is 29.0. The van der Waals surface area contributed by atoms with Crippen LogP contribution in [0.25, 0.3) is 0 Å². The Bertz CT molecular complexity index is 998. The number of nitriles is 1. The second kappa shape index (κ2) is 7.17. The highest BCUT2D eigenvalue weighted by atomic mass is 32.1. The number of aromatic nitrogens is 1. The lowest BCUT2D eigenvalue weighted by atomic mass is 9.72. The van der Waals surface area contributed by atoms with Gasteiger partial charge in [0, 0.05) is 30.2 Å². The Morgan fingerprint density at radius 2 is 1.90 bits per heavy atom. The van der Waals surface area contributed by atoms with Gasteiger partial charge in [-0.05, 0) is 30.9 Å². The van der Waals surface area contributed by atoms with Crippen LogP contribution in [-0.2, 0) is 0 Å². The van der Waals surface area contributed by atoms with E-state index in [4.69, 9.17) is 12.2 Å². The molecular weight excluding hydrogens is 388 g/mol. The van der Waals surface area contributed by atoms with E-state index in [0.29, 0.717) is 4.99 Å². The third-order valence-corrected chi connectivity index (χ3v) is 6.28. The standard InChI is InChI=1S/C21H20N4O3S/c1-13-8-10-24(11-9-13)19-18(14-2-6-16(7-3-14)25(27)28)17(12-22)20(29)23-21(19,26)15-4-5-15/h2-3,6-11,15,17-19,26H,4-5H2,1H3/p+1/t17-,18-,19-,21-/m0/s1. The van der Waals surface area contributed by atoms with Gasteiger partial charge in [-0.3, -0.25) is 10.1 Å². The number of nitrogens with one attached hydrogen (secondary N) is 1. The van der Waals surface area contributed by atoms with Crippen LogP contribution in [0, 0.1) is 40.2 Å². The molecule has 2 heterocycles. The molecule has 2 N–H and O–H groups in total. The molecule has 29 heavy (non-hydrogen) atoms. The predicted octanol–water partition coefficient (Wildman–Crippen LogP) is 2.68. The summed E-state index contributed by atoms with van der Waals surface area (Å²) in [6, 6.07) is 11.9.